The third kappa shape index (κ3) is 3.32. The molecule has 0 spiro atoms. The van der Waals surface area contributed by atoms with Gasteiger partial charge in [0.05, 0.1) is 0 Å². The van der Waals surface area contributed by atoms with Crippen molar-refractivity contribution in [3.05, 3.63) is 111 Å². The molecule has 0 heterocycles. The van der Waals surface area contributed by atoms with E-state index >= 15 is 0 Å². The Labute approximate surface area is 492 Å². The van der Waals surface area contributed by atoms with Crippen LogP contribution in [0.25, 0.3) is 108 Å². The fraction of sp³-hybridized carbons (Fsp3) is 0.524. The van der Waals surface area contributed by atoms with E-state index in [0.717, 1.165) is 118 Å². The van der Waals surface area contributed by atoms with Crippen LogP contribution in [-0.4, -0.2) is 0 Å². The van der Waals surface area contributed by atoms with Crippen molar-refractivity contribution in [2.24, 2.45) is 0 Å². The summed E-state index contributed by atoms with van der Waals surface area (Å²) in [4.78, 5) is 0. The van der Waals surface area contributed by atoms with Crippen LogP contribution in [0.5, 0.6) is 0 Å². The van der Waals surface area contributed by atoms with Crippen LogP contribution in [0.4, 0.5) is 0 Å². The van der Waals surface area contributed by atoms with Gasteiger partial charge in [0.25, 0.3) is 0 Å². The van der Waals surface area contributed by atoms with E-state index in [1.165, 1.54) is 128 Å². The average molecular weight is 1080 g/mol. The van der Waals surface area contributed by atoms with Gasteiger partial charge in [-0.15, -0.1) is 0 Å². The second-order valence-electron chi connectivity index (χ2n) is 33.7. The van der Waals surface area contributed by atoms with Crippen molar-refractivity contribution in [1.82, 2.24) is 0 Å². The molecule has 0 heteroatoms. The lowest BCUT2D eigenvalue weighted by atomic mass is 9.64. The Morgan fingerprint density at radius 3 is 0.238 bits per heavy atom. The van der Waals surface area contributed by atoms with Crippen LogP contribution >= 0.6 is 0 Å². The van der Waals surface area contributed by atoms with E-state index in [0.29, 0.717) is 0 Å². The normalized spacial score (nSPS) is 40.1. The minimum atomic E-state index is 0. The fourth-order valence-corrected chi connectivity index (χ4v) is 32.8. The van der Waals surface area contributed by atoms with Gasteiger partial charge in [-0.05, 0) is 466 Å². The van der Waals surface area contributed by atoms with Crippen LogP contribution in [0.2, 0.25) is 0 Å². The number of hydrogen-bond acceptors (Lipinski definition) is 0. The van der Waals surface area contributed by atoms with Crippen LogP contribution < -0.4 is 0 Å². The molecule has 12 aromatic rings. The Morgan fingerprint density at radius 1 is 0.119 bits per heavy atom. The Morgan fingerprint density at radius 2 is 0.179 bits per heavy atom. The minimum absolute atomic E-state index is 0. The molecular weight excluding hydrogens is 1010 g/mol. The van der Waals surface area contributed by atoms with Crippen molar-refractivity contribution < 1.29 is 1.43 Å². The van der Waals surface area contributed by atoms with Gasteiger partial charge in [-0.3, -0.25) is 0 Å². The summed E-state index contributed by atoms with van der Waals surface area (Å²) in [6, 6.07) is 0. The van der Waals surface area contributed by atoms with Gasteiger partial charge in [0.2, 0.25) is 0 Å². The summed E-state index contributed by atoms with van der Waals surface area (Å²) in [7, 11) is 0. The van der Waals surface area contributed by atoms with Gasteiger partial charge in [0.1, 0.15) is 0 Å². The standard InChI is InChI=1S/2C40H30.2C2H6/c2*1-2-12-14-5-6-16-18-9-10-20-19-8-7-17-15-4-3-13-11(1)21-22(12)32-24(14)26(16)34-29(18)30(20)35-28(19)27(17)33-25(15)23(13)31(21)36-37(32)39(34)40(35)38(33)36;2*1-2/h2*11-20H,1-10H2;2*1-2H3/p+1. The third-order valence-corrected chi connectivity index (χ3v) is 33.4. The highest BCUT2D eigenvalue weighted by Crippen LogP contribution is 2.83. The van der Waals surface area contributed by atoms with Crippen LogP contribution in [0.3, 0.4) is 0 Å². The van der Waals surface area contributed by atoms with Crippen LogP contribution in [0, 0.1) is 0 Å². The van der Waals surface area contributed by atoms with E-state index in [9.17, 15) is 0 Å². The molecule has 0 amide bonds. The highest BCUT2D eigenvalue weighted by atomic mass is 14.7. The van der Waals surface area contributed by atoms with Crippen molar-refractivity contribution >= 4 is 108 Å². The number of rotatable bonds is 0. The van der Waals surface area contributed by atoms with Crippen molar-refractivity contribution in [2.45, 2.75) is 274 Å². The topological polar surface area (TPSA) is 0 Å². The molecule has 20 atom stereocenters. The van der Waals surface area contributed by atoms with E-state index in [1.54, 1.807) is 0 Å². The molecule has 0 bridgehead atoms. The van der Waals surface area contributed by atoms with Gasteiger partial charge < -0.3 is 0 Å². The quantitative estimate of drug-likeness (QED) is 0.133. The molecule has 0 saturated heterocycles. The molecule has 20 aliphatic rings. The molecule has 408 valence electrons. The van der Waals surface area contributed by atoms with Crippen LogP contribution in [0.1, 0.15) is 387 Å². The van der Waals surface area contributed by atoms with Crippen molar-refractivity contribution in [2.75, 3.05) is 0 Å². The summed E-state index contributed by atoms with van der Waals surface area (Å²) >= 11 is 0. The second-order valence-corrected chi connectivity index (χ2v) is 33.7. The Balaban J connectivity index is 0.0000000953. The van der Waals surface area contributed by atoms with Crippen molar-refractivity contribution in [3.63, 3.8) is 0 Å². The summed E-state index contributed by atoms with van der Waals surface area (Å²) in [6.45, 7) is 8.00. The van der Waals surface area contributed by atoms with Crippen molar-refractivity contribution in [1.29, 1.82) is 0 Å². The van der Waals surface area contributed by atoms with Gasteiger partial charge in [0.15, 0.2) is 0 Å². The molecular formula is C84H73+. The van der Waals surface area contributed by atoms with Crippen LogP contribution in [0.15, 0.2) is 0 Å². The first-order chi connectivity index (χ1) is 41.8. The lowest BCUT2D eigenvalue weighted by molar-refractivity contribution is 0.319. The highest BCUT2D eigenvalue weighted by Gasteiger charge is 2.63. The summed E-state index contributed by atoms with van der Waals surface area (Å²) in [5.74, 6) is 17.0. The molecule has 0 radical (unpaired) electrons. The maximum absolute atomic E-state index is 2.00. The molecule has 12 aromatic carbocycles. The van der Waals surface area contributed by atoms with Gasteiger partial charge in [0, 0.05) is 0 Å². The summed E-state index contributed by atoms with van der Waals surface area (Å²) in [5, 5.41) is 37.4. The van der Waals surface area contributed by atoms with E-state index in [4.69, 9.17) is 0 Å². The van der Waals surface area contributed by atoms with Gasteiger partial charge in [-0.2, -0.15) is 0 Å². The summed E-state index contributed by atoms with van der Waals surface area (Å²) in [6.07, 6.45) is 29.8. The Hall–Kier alpha value is -5.20. The molecule has 0 N–H and O–H groups in total. The molecule has 0 aliphatic heterocycles. The Kier molecular flexibility index (Phi) is 6.02. The fourth-order valence-electron chi connectivity index (χ4n) is 32.8. The largest absolute Gasteiger partial charge is 1.00 e. The first-order valence-electron chi connectivity index (χ1n) is 36.8. The SMILES string of the molecule is C1CC2c3c4c5c6c7c8c9c%10c%11c%12c%13c%14c%15c(c3c3c5c8c%11c%143)C2CCC%15C%13CCC%12C%10CCC9C7CCC6C14.C1CC2c3c4c5c6c7c8c9c%10c%11c%12c%13c%14c%15c(c3c3c5c8c%11c%143)C2CCC%15C%13CCC%12C%10CCC9C7CCC6C14.CC.CC.[H+]. The highest BCUT2D eigenvalue weighted by molar-refractivity contribution is 6.51. The molecule has 0 fully saturated rings. The third-order valence-electron chi connectivity index (χ3n) is 33.4. The van der Waals surface area contributed by atoms with Crippen molar-refractivity contribution in [3.8, 4) is 0 Å². The zero-order chi connectivity index (χ0) is 52.8. The lowest BCUT2D eigenvalue weighted by Gasteiger charge is -2.39. The maximum atomic E-state index is 2.00. The molecule has 32 rings (SSSR count). The molecule has 20 unspecified atom stereocenters. The predicted molar refractivity (Wildman–Crippen MR) is 346 cm³/mol. The van der Waals surface area contributed by atoms with Crippen LogP contribution in [-0.2, 0) is 0 Å². The average Bonchev–Trinajstić information content (AvgIpc) is 1.45. The minimum Gasteiger partial charge on any atom is -0.0683 e. The maximum Gasteiger partial charge on any atom is 1.00 e. The molecule has 84 heavy (non-hydrogen) atoms. The van der Waals surface area contributed by atoms with Gasteiger partial charge >= 0.3 is 1.43 Å². The monoisotopic (exact) mass is 1080 g/mol. The van der Waals surface area contributed by atoms with E-state index in [-0.39, 0.29) is 1.43 Å². The molecule has 0 aromatic heterocycles. The zero-order valence-corrected chi connectivity index (χ0v) is 49.7. The Bertz CT molecular complexity index is 4070. The van der Waals surface area contributed by atoms with E-state index in [1.807, 2.05) is 247 Å². The van der Waals surface area contributed by atoms with E-state index in [2.05, 4.69) is 0 Å². The number of benzene rings is 10. The number of hydrogen-bond donors (Lipinski definition) is 0. The summed E-state index contributed by atoms with van der Waals surface area (Å²) in [5.41, 5.74) is 39.2. The van der Waals surface area contributed by atoms with Gasteiger partial charge in [-0.1, -0.05) is 27.7 Å². The predicted octanol–water partition coefficient (Wildman–Crippen LogP) is 23.4. The first-order valence-corrected chi connectivity index (χ1v) is 36.8. The molecule has 0 nitrogen and oxygen atoms in total. The first kappa shape index (κ1) is 41.8. The summed E-state index contributed by atoms with van der Waals surface area (Å²) < 4.78 is 0. The number of fused-ring (bicyclic) bond motifs is 10. The molecule has 20 aliphatic carbocycles. The lowest BCUT2D eigenvalue weighted by Crippen LogP contribution is -2.24. The van der Waals surface area contributed by atoms with Gasteiger partial charge in [-0.25, -0.2) is 0 Å². The second kappa shape index (κ2) is 12.1. The zero-order valence-electron chi connectivity index (χ0n) is 50.7. The smallest absolute Gasteiger partial charge is 0.0683 e. The molecule has 0 saturated carbocycles. The van der Waals surface area contributed by atoms with E-state index < -0.39 is 0 Å².